The molecule has 0 heterocycles. The summed E-state index contributed by atoms with van der Waals surface area (Å²) >= 11 is 5.87. The molecule has 0 aromatic heterocycles. The first-order valence-corrected chi connectivity index (χ1v) is 6.78. The molecular weight excluding hydrogens is 237 g/mol. The summed E-state index contributed by atoms with van der Waals surface area (Å²) in [5.41, 5.74) is 0.539. The van der Waals surface area contributed by atoms with Gasteiger partial charge in [0.2, 0.25) is 0 Å². The van der Waals surface area contributed by atoms with E-state index in [4.69, 9.17) is 11.6 Å². The fourth-order valence-electron chi connectivity index (χ4n) is 2.54. The first kappa shape index (κ1) is 12.7. The van der Waals surface area contributed by atoms with E-state index in [2.05, 4.69) is 12.2 Å². The van der Waals surface area contributed by atoms with E-state index >= 15 is 0 Å². The molecule has 17 heavy (non-hydrogen) atoms. The van der Waals surface area contributed by atoms with Crippen LogP contribution in [0.4, 0.5) is 10.1 Å². The van der Waals surface area contributed by atoms with E-state index in [1.54, 1.807) is 12.1 Å². The number of nitrogens with one attached hydrogen (secondary N) is 1. The van der Waals surface area contributed by atoms with Gasteiger partial charge in [0.15, 0.2) is 0 Å². The fourth-order valence-corrected chi connectivity index (χ4v) is 2.72. The lowest BCUT2D eigenvalue weighted by Gasteiger charge is -2.29. The third-order valence-electron chi connectivity index (χ3n) is 3.71. The highest BCUT2D eigenvalue weighted by Crippen LogP contribution is 2.29. The van der Waals surface area contributed by atoms with Crippen LogP contribution in [0.5, 0.6) is 0 Å². The van der Waals surface area contributed by atoms with E-state index < -0.39 is 0 Å². The van der Waals surface area contributed by atoms with Gasteiger partial charge in [-0.2, -0.15) is 0 Å². The molecule has 0 bridgehead atoms. The number of halogens is 2. The molecular formula is C14H19ClFN. The number of benzene rings is 1. The minimum Gasteiger partial charge on any atom is -0.380 e. The predicted octanol–water partition coefficient (Wildman–Crippen LogP) is 4.86. The van der Waals surface area contributed by atoms with Crippen LogP contribution in [0.25, 0.3) is 0 Å². The Kier molecular flexibility index (Phi) is 4.27. The highest BCUT2D eigenvalue weighted by Gasteiger charge is 2.20. The van der Waals surface area contributed by atoms with Crippen LogP contribution in [0.3, 0.4) is 0 Å². The van der Waals surface area contributed by atoms with Gasteiger partial charge in [0.05, 0.1) is 5.69 Å². The zero-order valence-corrected chi connectivity index (χ0v) is 10.9. The Bertz CT molecular complexity index is 372. The topological polar surface area (TPSA) is 12.0 Å². The van der Waals surface area contributed by atoms with Gasteiger partial charge < -0.3 is 5.32 Å². The second-order valence-electron chi connectivity index (χ2n) is 4.89. The van der Waals surface area contributed by atoms with Crippen LogP contribution in [-0.2, 0) is 0 Å². The Balaban J connectivity index is 1.95. The van der Waals surface area contributed by atoms with Crippen molar-refractivity contribution in [1.82, 2.24) is 0 Å². The van der Waals surface area contributed by atoms with Crippen LogP contribution in [0.1, 0.15) is 39.0 Å². The Morgan fingerprint density at radius 3 is 2.65 bits per heavy atom. The molecule has 0 atom stereocenters. The molecule has 1 N–H and O–H groups in total. The van der Waals surface area contributed by atoms with Gasteiger partial charge in [0.25, 0.3) is 0 Å². The van der Waals surface area contributed by atoms with E-state index in [9.17, 15) is 4.39 Å². The van der Waals surface area contributed by atoms with Gasteiger partial charge in [0.1, 0.15) is 5.82 Å². The summed E-state index contributed by atoms with van der Waals surface area (Å²) in [5.74, 6) is 0.643. The zero-order valence-electron chi connectivity index (χ0n) is 10.2. The molecule has 0 radical (unpaired) electrons. The predicted molar refractivity (Wildman–Crippen MR) is 71.1 cm³/mol. The van der Waals surface area contributed by atoms with E-state index in [1.165, 1.54) is 25.3 Å². The standard InChI is InChI=1S/C14H19ClFN/c1-2-10-3-6-12(7-4-10)17-14-9-11(15)5-8-13(14)16/h5,8-10,12,17H,2-4,6-7H2,1H3. The van der Waals surface area contributed by atoms with Crippen molar-refractivity contribution in [3.63, 3.8) is 0 Å². The van der Waals surface area contributed by atoms with Crippen LogP contribution in [-0.4, -0.2) is 6.04 Å². The van der Waals surface area contributed by atoms with Gasteiger partial charge >= 0.3 is 0 Å². The van der Waals surface area contributed by atoms with Gasteiger partial charge in [-0.1, -0.05) is 24.9 Å². The molecule has 0 saturated heterocycles. The number of hydrogen-bond donors (Lipinski definition) is 1. The first-order chi connectivity index (χ1) is 8.19. The lowest BCUT2D eigenvalue weighted by molar-refractivity contribution is 0.329. The van der Waals surface area contributed by atoms with Crippen LogP contribution in [0.15, 0.2) is 18.2 Å². The minimum absolute atomic E-state index is 0.216. The van der Waals surface area contributed by atoms with Crippen LogP contribution in [0.2, 0.25) is 5.02 Å². The smallest absolute Gasteiger partial charge is 0.146 e. The minimum atomic E-state index is -0.216. The van der Waals surface area contributed by atoms with E-state index in [1.807, 2.05) is 0 Å². The Morgan fingerprint density at radius 2 is 2.00 bits per heavy atom. The fraction of sp³-hybridized carbons (Fsp3) is 0.571. The lowest BCUT2D eigenvalue weighted by atomic mass is 9.84. The average Bonchev–Trinajstić information content (AvgIpc) is 2.35. The zero-order chi connectivity index (χ0) is 12.3. The maximum absolute atomic E-state index is 13.5. The van der Waals surface area contributed by atoms with Crippen LogP contribution >= 0.6 is 11.6 Å². The maximum atomic E-state index is 13.5. The summed E-state index contributed by atoms with van der Waals surface area (Å²) in [4.78, 5) is 0. The highest BCUT2D eigenvalue weighted by molar-refractivity contribution is 6.30. The Hall–Kier alpha value is -0.760. The Labute approximate surface area is 107 Å². The van der Waals surface area contributed by atoms with Gasteiger partial charge in [-0.25, -0.2) is 4.39 Å². The number of hydrogen-bond acceptors (Lipinski definition) is 1. The summed E-state index contributed by atoms with van der Waals surface area (Å²) < 4.78 is 13.5. The van der Waals surface area contributed by atoms with Crippen molar-refractivity contribution in [2.75, 3.05) is 5.32 Å². The molecule has 1 fully saturated rings. The van der Waals surface area contributed by atoms with Gasteiger partial charge in [0, 0.05) is 11.1 Å². The molecule has 0 amide bonds. The summed E-state index contributed by atoms with van der Waals surface area (Å²) in [7, 11) is 0. The second-order valence-corrected chi connectivity index (χ2v) is 5.33. The molecule has 0 unspecified atom stereocenters. The van der Waals surface area contributed by atoms with Crippen molar-refractivity contribution in [3.8, 4) is 0 Å². The van der Waals surface area contributed by atoms with Crippen molar-refractivity contribution >= 4 is 17.3 Å². The maximum Gasteiger partial charge on any atom is 0.146 e. The molecule has 1 aromatic carbocycles. The molecule has 2 rings (SSSR count). The summed E-state index contributed by atoms with van der Waals surface area (Å²) in [6, 6.07) is 5.06. The highest BCUT2D eigenvalue weighted by atomic mass is 35.5. The molecule has 1 aliphatic rings. The third kappa shape index (κ3) is 3.35. The van der Waals surface area contributed by atoms with Gasteiger partial charge in [-0.15, -0.1) is 0 Å². The molecule has 3 heteroatoms. The molecule has 1 aromatic rings. The average molecular weight is 256 g/mol. The van der Waals surface area contributed by atoms with Crippen molar-refractivity contribution in [1.29, 1.82) is 0 Å². The Morgan fingerprint density at radius 1 is 1.29 bits per heavy atom. The molecule has 1 nitrogen and oxygen atoms in total. The summed E-state index contributed by atoms with van der Waals surface area (Å²) in [6.07, 6.45) is 6.01. The van der Waals surface area contributed by atoms with Crippen molar-refractivity contribution in [3.05, 3.63) is 29.0 Å². The summed E-state index contributed by atoms with van der Waals surface area (Å²) in [5, 5.41) is 3.85. The summed E-state index contributed by atoms with van der Waals surface area (Å²) in [6.45, 7) is 2.25. The van der Waals surface area contributed by atoms with E-state index in [0.29, 0.717) is 16.8 Å². The largest absolute Gasteiger partial charge is 0.380 e. The van der Waals surface area contributed by atoms with Crippen LogP contribution < -0.4 is 5.32 Å². The monoisotopic (exact) mass is 255 g/mol. The second kappa shape index (κ2) is 5.72. The molecule has 1 aliphatic carbocycles. The number of rotatable bonds is 3. The molecule has 0 spiro atoms. The molecule has 94 valence electrons. The lowest BCUT2D eigenvalue weighted by Crippen LogP contribution is -2.26. The van der Waals surface area contributed by atoms with Crippen LogP contribution in [0, 0.1) is 11.7 Å². The molecule has 0 aliphatic heterocycles. The SMILES string of the molecule is CCC1CCC(Nc2cc(Cl)ccc2F)CC1. The van der Waals surface area contributed by atoms with Crippen molar-refractivity contribution in [2.24, 2.45) is 5.92 Å². The third-order valence-corrected chi connectivity index (χ3v) is 3.95. The quantitative estimate of drug-likeness (QED) is 0.813. The van der Waals surface area contributed by atoms with Crippen molar-refractivity contribution in [2.45, 2.75) is 45.1 Å². The van der Waals surface area contributed by atoms with Gasteiger partial charge in [-0.3, -0.25) is 0 Å². The van der Waals surface area contributed by atoms with Crippen molar-refractivity contribution < 1.29 is 4.39 Å². The number of anilines is 1. The normalized spacial score (nSPS) is 24.6. The van der Waals surface area contributed by atoms with E-state index in [0.717, 1.165) is 18.8 Å². The molecule has 1 saturated carbocycles. The van der Waals surface area contributed by atoms with Gasteiger partial charge in [-0.05, 0) is 49.8 Å². The first-order valence-electron chi connectivity index (χ1n) is 6.40. The van der Waals surface area contributed by atoms with E-state index in [-0.39, 0.29) is 5.82 Å².